The lowest BCUT2D eigenvalue weighted by atomic mass is 10.1. The van der Waals surface area contributed by atoms with Gasteiger partial charge in [-0.15, -0.1) is 0 Å². The van der Waals surface area contributed by atoms with Gasteiger partial charge < -0.3 is 10.1 Å². The summed E-state index contributed by atoms with van der Waals surface area (Å²) in [5.41, 5.74) is 1.48. The van der Waals surface area contributed by atoms with E-state index in [0.717, 1.165) is 26.3 Å². The quantitative estimate of drug-likeness (QED) is 0.441. The summed E-state index contributed by atoms with van der Waals surface area (Å²) in [6, 6.07) is 0. The lowest BCUT2D eigenvalue weighted by molar-refractivity contribution is 0.176. The topological polar surface area (TPSA) is 21.3 Å². The summed E-state index contributed by atoms with van der Waals surface area (Å²) in [6.45, 7) is 5.74. The number of nitrogens with one attached hydrogen (secondary N) is 1. The molecule has 0 aromatic carbocycles. The van der Waals surface area contributed by atoms with Gasteiger partial charge in [-0.05, 0) is 12.5 Å². The molecule has 0 bridgehead atoms. The molecule has 0 aromatic rings. The average Bonchev–Trinajstić information content (AvgIpc) is 1.76. The molecule has 2 nitrogen and oxygen atoms in total. The predicted octanol–water partition coefficient (Wildman–Crippen LogP) is 0.552. The standard InChI is InChI=1S/C7H13NO/c1-2-9-4-3-7-5-8-6-7/h3,8H,2,4-6H2,1H3. The first kappa shape index (κ1) is 6.78. The van der Waals surface area contributed by atoms with Crippen LogP contribution in [0.5, 0.6) is 0 Å². The third-order valence-electron chi connectivity index (χ3n) is 1.40. The summed E-state index contributed by atoms with van der Waals surface area (Å²) >= 11 is 0. The average molecular weight is 127 g/mol. The molecule has 0 aromatic heterocycles. The molecule has 0 radical (unpaired) electrons. The first-order valence-corrected chi connectivity index (χ1v) is 3.40. The van der Waals surface area contributed by atoms with Gasteiger partial charge in [0.1, 0.15) is 0 Å². The lowest BCUT2D eigenvalue weighted by Crippen LogP contribution is -2.33. The molecule has 1 rings (SSSR count). The molecule has 0 spiro atoms. The van der Waals surface area contributed by atoms with Gasteiger partial charge >= 0.3 is 0 Å². The molecular weight excluding hydrogens is 114 g/mol. The summed E-state index contributed by atoms with van der Waals surface area (Å²) < 4.78 is 5.14. The molecule has 1 aliphatic rings. The molecule has 0 unspecified atom stereocenters. The maximum Gasteiger partial charge on any atom is 0.0650 e. The zero-order valence-corrected chi connectivity index (χ0v) is 5.81. The van der Waals surface area contributed by atoms with Crippen molar-refractivity contribution in [2.45, 2.75) is 6.92 Å². The molecule has 0 saturated carbocycles. The normalized spacial score (nSPS) is 17.2. The van der Waals surface area contributed by atoms with E-state index in [2.05, 4.69) is 11.4 Å². The van der Waals surface area contributed by atoms with Crippen LogP contribution in [-0.2, 0) is 4.74 Å². The second-order valence-corrected chi connectivity index (χ2v) is 2.13. The molecule has 9 heavy (non-hydrogen) atoms. The maximum absolute atomic E-state index is 5.14. The van der Waals surface area contributed by atoms with Gasteiger partial charge in [-0.2, -0.15) is 0 Å². The van der Waals surface area contributed by atoms with Crippen molar-refractivity contribution in [1.29, 1.82) is 0 Å². The largest absolute Gasteiger partial charge is 0.378 e. The third kappa shape index (κ3) is 2.16. The molecule has 52 valence electrons. The van der Waals surface area contributed by atoms with Crippen molar-refractivity contribution in [3.05, 3.63) is 11.6 Å². The van der Waals surface area contributed by atoms with Gasteiger partial charge in [0, 0.05) is 19.7 Å². The number of rotatable bonds is 3. The summed E-state index contributed by atoms with van der Waals surface area (Å²) in [5.74, 6) is 0. The van der Waals surface area contributed by atoms with Gasteiger partial charge in [0.05, 0.1) is 6.61 Å². The summed E-state index contributed by atoms with van der Waals surface area (Å²) in [7, 11) is 0. The second kappa shape index (κ2) is 3.64. The molecule has 1 heterocycles. The minimum absolute atomic E-state index is 0.785. The highest BCUT2D eigenvalue weighted by molar-refractivity contribution is 5.13. The fraction of sp³-hybridized carbons (Fsp3) is 0.714. The van der Waals surface area contributed by atoms with E-state index >= 15 is 0 Å². The van der Waals surface area contributed by atoms with E-state index in [1.807, 2.05) is 6.92 Å². The van der Waals surface area contributed by atoms with Gasteiger partial charge in [0.25, 0.3) is 0 Å². The van der Waals surface area contributed by atoms with Crippen LogP contribution in [0, 0.1) is 0 Å². The Balaban J connectivity index is 2.01. The van der Waals surface area contributed by atoms with Crippen LogP contribution in [0.4, 0.5) is 0 Å². The van der Waals surface area contributed by atoms with Crippen LogP contribution in [0.2, 0.25) is 0 Å². The molecule has 1 aliphatic heterocycles. The van der Waals surface area contributed by atoms with Crippen LogP contribution in [-0.4, -0.2) is 26.3 Å². The van der Waals surface area contributed by atoms with Crippen molar-refractivity contribution in [2.75, 3.05) is 26.3 Å². The molecule has 0 amide bonds. The van der Waals surface area contributed by atoms with Gasteiger partial charge in [0.2, 0.25) is 0 Å². The predicted molar refractivity (Wildman–Crippen MR) is 37.4 cm³/mol. The van der Waals surface area contributed by atoms with Gasteiger partial charge in [-0.25, -0.2) is 0 Å². The van der Waals surface area contributed by atoms with E-state index < -0.39 is 0 Å². The highest BCUT2D eigenvalue weighted by Crippen LogP contribution is 1.98. The summed E-state index contributed by atoms with van der Waals surface area (Å²) in [6.07, 6.45) is 2.15. The maximum atomic E-state index is 5.14. The molecule has 0 aliphatic carbocycles. The lowest BCUT2D eigenvalue weighted by Gasteiger charge is -2.18. The van der Waals surface area contributed by atoms with Crippen molar-refractivity contribution >= 4 is 0 Å². The number of ether oxygens (including phenoxy) is 1. The Bertz CT molecular complexity index is 103. The van der Waals surface area contributed by atoms with Crippen molar-refractivity contribution in [3.8, 4) is 0 Å². The fourth-order valence-electron chi connectivity index (χ4n) is 0.708. The van der Waals surface area contributed by atoms with Crippen molar-refractivity contribution in [2.24, 2.45) is 0 Å². The molecule has 0 atom stereocenters. The van der Waals surface area contributed by atoms with Crippen LogP contribution in [0.1, 0.15) is 6.92 Å². The Kier molecular flexibility index (Phi) is 2.74. The third-order valence-corrected chi connectivity index (χ3v) is 1.40. The fourth-order valence-corrected chi connectivity index (χ4v) is 0.708. The first-order valence-electron chi connectivity index (χ1n) is 3.40. The highest BCUT2D eigenvalue weighted by atomic mass is 16.5. The van der Waals surface area contributed by atoms with Crippen molar-refractivity contribution in [1.82, 2.24) is 5.32 Å². The second-order valence-electron chi connectivity index (χ2n) is 2.13. The van der Waals surface area contributed by atoms with E-state index in [1.54, 1.807) is 0 Å². The van der Waals surface area contributed by atoms with Gasteiger partial charge in [0.15, 0.2) is 0 Å². The number of hydrogen-bond acceptors (Lipinski definition) is 2. The van der Waals surface area contributed by atoms with Crippen molar-refractivity contribution < 1.29 is 4.74 Å². The van der Waals surface area contributed by atoms with Crippen molar-refractivity contribution in [3.63, 3.8) is 0 Å². The zero-order valence-electron chi connectivity index (χ0n) is 5.81. The Labute approximate surface area is 55.9 Å². The minimum atomic E-state index is 0.785. The van der Waals surface area contributed by atoms with E-state index in [0.29, 0.717) is 0 Å². The molecular formula is C7H13NO. The van der Waals surface area contributed by atoms with E-state index in [-0.39, 0.29) is 0 Å². The van der Waals surface area contributed by atoms with E-state index in [9.17, 15) is 0 Å². The Morgan fingerprint density at radius 2 is 2.44 bits per heavy atom. The molecule has 2 heteroatoms. The molecule has 1 saturated heterocycles. The van der Waals surface area contributed by atoms with Crippen LogP contribution >= 0.6 is 0 Å². The van der Waals surface area contributed by atoms with Gasteiger partial charge in [-0.3, -0.25) is 0 Å². The molecule has 1 N–H and O–H groups in total. The first-order chi connectivity index (χ1) is 4.43. The smallest absolute Gasteiger partial charge is 0.0650 e. The Hall–Kier alpha value is -0.340. The Morgan fingerprint density at radius 1 is 1.67 bits per heavy atom. The van der Waals surface area contributed by atoms with Gasteiger partial charge in [-0.1, -0.05) is 6.08 Å². The van der Waals surface area contributed by atoms with Crippen LogP contribution in [0.25, 0.3) is 0 Å². The zero-order chi connectivity index (χ0) is 6.53. The Morgan fingerprint density at radius 3 is 2.89 bits per heavy atom. The van der Waals surface area contributed by atoms with Crippen LogP contribution < -0.4 is 5.32 Å². The minimum Gasteiger partial charge on any atom is -0.378 e. The number of hydrogen-bond donors (Lipinski definition) is 1. The summed E-state index contributed by atoms with van der Waals surface area (Å²) in [4.78, 5) is 0. The summed E-state index contributed by atoms with van der Waals surface area (Å²) in [5, 5.41) is 3.16. The highest BCUT2D eigenvalue weighted by Gasteiger charge is 2.04. The van der Waals surface area contributed by atoms with Crippen LogP contribution in [0.3, 0.4) is 0 Å². The van der Waals surface area contributed by atoms with E-state index in [4.69, 9.17) is 4.74 Å². The van der Waals surface area contributed by atoms with E-state index in [1.165, 1.54) is 5.57 Å². The molecule has 1 fully saturated rings. The SMILES string of the molecule is CCOCC=C1CNC1. The monoisotopic (exact) mass is 127 g/mol. The van der Waals surface area contributed by atoms with Crippen LogP contribution in [0.15, 0.2) is 11.6 Å².